The van der Waals surface area contributed by atoms with Gasteiger partial charge < -0.3 is 9.47 Å². The Labute approximate surface area is 128 Å². The van der Waals surface area contributed by atoms with Crippen molar-refractivity contribution in [1.82, 2.24) is 0 Å². The van der Waals surface area contributed by atoms with Gasteiger partial charge in [-0.05, 0) is 12.8 Å². The first-order valence-corrected chi connectivity index (χ1v) is 10.5. The molecule has 5 heteroatoms. The Morgan fingerprint density at radius 2 is 1.52 bits per heavy atom. The number of carbonyl (C=O) groups excluding carboxylic acids is 2. The van der Waals surface area contributed by atoms with Gasteiger partial charge in [0.2, 0.25) is 0 Å². The van der Waals surface area contributed by atoms with Gasteiger partial charge in [-0.3, -0.25) is 9.59 Å². The van der Waals surface area contributed by atoms with Crippen molar-refractivity contribution >= 4 is 20.0 Å². The van der Waals surface area contributed by atoms with E-state index in [4.69, 9.17) is 9.47 Å². The standard InChI is InChI=1S/C16H28O4Si/c1-6-21(7-2,8-3)12-9-10-13(15(17)19-4)14(11-12)16(18)20-5/h9,13-14H,6-8,10-11H2,1-5H3/t13-,14-/m0/s1. The van der Waals surface area contributed by atoms with Crippen molar-refractivity contribution < 1.29 is 19.1 Å². The molecular formula is C16H28O4Si. The second-order valence-corrected chi connectivity index (χ2v) is 11.1. The van der Waals surface area contributed by atoms with E-state index in [2.05, 4.69) is 26.8 Å². The zero-order chi connectivity index (χ0) is 16.0. The fourth-order valence-corrected chi connectivity index (χ4v) is 7.64. The molecular weight excluding hydrogens is 284 g/mol. The van der Waals surface area contributed by atoms with Crippen molar-refractivity contribution in [1.29, 1.82) is 0 Å². The Hall–Kier alpha value is -1.10. The third-order valence-electron chi connectivity index (χ3n) is 5.26. The molecule has 0 aliphatic heterocycles. The van der Waals surface area contributed by atoms with Crippen LogP contribution in [-0.2, 0) is 19.1 Å². The van der Waals surface area contributed by atoms with Crippen LogP contribution in [0.5, 0.6) is 0 Å². The van der Waals surface area contributed by atoms with E-state index in [9.17, 15) is 9.59 Å². The van der Waals surface area contributed by atoms with E-state index < -0.39 is 14.0 Å². The van der Waals surface area contributed by atoms with Crippen LogP contribution >= 0.6 is 0 Å². The minimum absolute atomic E-state index is 0.290. The second kappa shape index (κ2) is 7.78. The molecule has 0 aromatic heterocycles. The van der Waals surface area contributed by atoms with E-state index in [0.717, 1.165) is 0 Å². The van der Waals surface area contributed by atoms with E-state index in [0.29, 0.717) is 12.8 Å². The highest BCUT2D eigenvalue weighted by molar-refractivity contribution is 6.86. The number of hydrogen-bond donors (Lipinski definition) is 0. The monoisotopic (exact) mass is 312 g/mol. The Morgan fingerprint density at radius 3 is 1.95 bits per heavy atom. The molecule has 2 atom stereocenters. The van der Waals surface area contributed by atoms with Gasteiger partial charge >= 0.3 is 11.9 Å². The summed E-state index contributed by atoms with van der Waals surface area (Å²) >= 11 is 0. The van der Waals surface area contributed by atoms with Crippen LogP contribution < -0.4 is 0 Å². The topological polar surface area (TPSA) is 52.6 Å². The van der Waals surface area contributed by atoms with Gasteiger partial charge in [0.05, 0.1) is 34.1 Å². The quantitative estimate of drug-likeness (QED) is 0.557. The van der Waals surface area contributed by atoms with Crippen LogP contribution in [0.1, 0.15) is 33.6 Å². The summed E-state index contributed by atoms with van der Waals surface area (Å²) in [5.74, 6) is -1.39. The average molecular weight is 312 g/mol. The van der Waals surface area contributed by atoms with Gasteiger partial charge in [-0.15, -0.1) is 0 Å². The molecule has 0 aromatic carbocycles. The molecule has 1 rings (SSSR count). The summed E-state index contributed by atoms with van der Waals surface area (Å²) in [6.45, 7) is 6.75. The van der Waals surface area contributed by atoms with Crippen LogP contribution in [0, 0.1) is 11.8 Å². The predicted octanol–water partition coefficient (Wildman–Crippen LogP) is 3.33. The van der Waals surface area contributed by atoms with Gasteiger partial charge in [0.15, 0.2) is 0 Å². The molecule has 0 N–H and O–H groups in total. The minimum atomic E-state index is -1.49. The van der Waals surface area contributed by atoms with Crippen LogP contribution in [-0.4, -0.2) is 34.2 Å². The Kier molecular flexibility index (Phi) is 6.65. The first-order chi connectivity index (χ1) is 9.99. The number of esters is 2. The lowest BCUT2D eigenvalue weighted by molar-refractivity contribution is -0.157. The summed E-state index contributed by atoms with van der Waals surface area (Å²) in [6.07, 6.45) is 3.47. The Balaban J connectivity index is 3.10. The molecule has 4 nitrogen and oxygen atoms in total. The summed E-state index contributed by atoms with van der Waals surface area (Å²) < 4.78 is 9.77. The average Bonchev–Trinajstić information content (AvgIpc) is 2.55. The molecule has 0 amide bonds. The predicted molar refractivity (Wildman–Crippen MR) is 85.5 cm³/mol. The van der Waals surface area contributed by atoms with Crippen molar-refractivity contribution in [2.75, 3.05) is 14.2 Å². The largest absolute Gasteiger partial charge is 0.469 e. The molecule has 120 valence electrons. The summed E-state index contributed by atoms with van der Waals surface area (Å²) in [6, 6.07) is 3.55. The molecule has 0 saturated carbocycles. The van der Waals surface area contributed by atoms with Crippen LogP contribution in [0.2, 0.25) is 18.1 Å². The molecule has 0 bridgehead atoms. The number of allylic oxidation sites excluding steroid dienone is 2. The highest BCUT2D eigenvalue weighted by atomic mass is 28.3. The number of rotatable bonds is 6. The first-order valence-electron chi connectivity index (χ1n) is 7.84. The zero-order valence-corrected chi connectivity index (χ0v) is 14.9. The molecule has 1 aliphatic rings. The lowest BCUT2D eigenvalue weighted by Gasteiger charge is -2.37. The molecule has 0 spiro atoms. The van der Waals surface area contributed by atoms with Crippen molar-refractivity contribution in [2.24, 2.45) is 11.8 Å². The lowest BCUT2D eigenvalue weighted by Crippen LogP contribution is -2.41. The first kappa shape index (κ1) is 17.9. The third kappa shape index (κ3) is 3.57. The number of methoxy groups -OCH3 is 2. The normalized spacial score (nSPS) is 22.4. The smallest absolute Gasteiger partial charge is 0.309 e. The highest BCUT2D eigenvalue weighted by Crippen LogP contribution is 2.40. The van der Waals surface area contributed by atoms with Gasteiger partial charge in [-0.25, -0.2) is 0 Å². The maximum atomic E-state index is 12.1. The fraction of sp³-hybridized carbons (Fsp3) is 0.750. The Morgan fingerprint density at radius 1 is 1.05 bits per heavy atom. The van der Waals surface area contributed by atoms with E-state index in [1.165, 1.54) is 37.5 Å². The molecule has 21 heavy (non-hydrogen) atoms. The van der Waals surface area contributed by atoms with Crippen LogP contribution in [0.3, 0.4) is 0 Å². The molecule has 1 aliphatic carbocycles. The second-order valence-electron chi connectivity index (χ2n) is 5.77. The van der Waals surface area contributed by atoms with Crippen molar-refractivity contribution in [3.8, 4) is 0 Å². The van der Waals surface area contributed by atoms with Crippen molar-refractivity contribution in [3.05, 3.63) is 11.3 Å². The van der Waals surface area contributed by atoms with Crippen LogP contribution in [0.25, 0.3) is 0 Å². The molecule has 0 radical (unpaired) electrons. The van der Waals surface area contributed by atoms with Crippen LogP contribution in [0.4, 0.5) is 0 Å². The molecule has 0 heterocycles. The summed E-state index contributed by atoms with van der Waals surface area (Å²) in [7, 11) is 1.27. The maximum Gasteiger partial charge on any atom is 0.309 e. The summed E-state index contributed by atoms with van der Waals surface area (Å²) in [5, 5.41) is 1.44. The van der Waals surface area contributed by atoms with Gasteiger partial charge in [0.1, 0.15) is 0 Å². The van der Waals surface area contributed by atoms with E-state index in [1.54, 1.807) is 0 Å². The minimum Gasteiger partial charge on any atom is -0.469 e. The fourth-order valence-electron chi connectivity index (χ4n) is 3.57. The molecule has 0 aromatic rings. The molecule has 0 unspecified atom stereocenters. The number of hydrogen-bond acceptors (Lipinski definition) is 4. The maximum absolute atomic E-state index is 12.1. The summed E-state index contributed by atoms with van der Waals surface area (Å²) in [4.78, 5) is 24.0. The van der Waals surface area contributed by atoms with Crippen LogP contribution in [0.15, 0.2) is 11.3 Å². The van der Waals surface area contributed by atoms with E-state index in [1.807, 2.05) is 0 Å². The summed E-state index contributed by atoms with van der Waals surface area (Å²) in [5.41, 5.74) is 0. The third-order valence-corrected chi connectivity index (χ3v) is 11.1. The number of carbonyl (C=O) groups is 2. The SMILES string of the molecule is CC[Si](CC)(CC)C1=CC[C@H](C(=O)OC)[C@@H](C(=O)OC)C1. The van der Waals surface area contributed by atoms with Gasteiger partial charge in [0, 0.05) is 0 Å². The van der Waals surface area contributed by atoms with E-state index in [-0.39, 0.29) is 17.9 Å². The van der Waals surface area contributed by atoms with Gasteiger partial charge in [-0.2, -0.15) is 0 Å². The van der Waals surface area contributed by atoms with Gasteiger partial charge in [-0.1, -0.05) is 50.2 Å². The molecule has 0 saturated heterocycles. The van der Waals surface area contributed by atoms with Gasteiger partial charge in [0.25, 0.3) is 0 Å². The zero-order valence-electron chi connectivity index (χ0n) is 13.9. The number of ether oxygens (including phenoxy) is 2. The lowest BCUT2D eigenvalue weighted by atomic mass is 9.83. The van der Waals surface area contributed by atoms with Crippen molar-refractivity contribution in [2.45, 2.75) is 51.7 Å². The van der Waals surface area contributed by atoms with Crippen molar-refractivity contribution in [3.63, 3.8) is 0 Å². The molecule has 0 fully saturated rings. The Bertz CT molecular complexity index is 404. The highest BCUT2D eigenvalue weighted by Gasteiger charge is 2.42. The van der Waals surface area contributed by atoms with E-state index >= 15 is 0 Å².